The lowest BCUT2D eigenvalue weighted by Gasteiger charge is -2.10. The molecular formula is C24H22N2O5. The summed E-state index contributed by atoms with van der Waals surface area (Å²) < 4.78 is 10.3. The molecule has 2 amide bonds. The van der Waals surface area contributed by atoms with Crippen molar-refractivity contribution in [3.05, 3.63) is 102 Å². The van der Waals surface area contributed by atoms with Crippen molar-refractivity contribution in [3.8, 4) is 0 Å². The lowest BCUT2D eigenvalue weighted by Crippen LogP contribution is -2.35. The minimum absolute atomic E-state index is 0.00329. The maximum atomic E-state index is 12.6. The van der Waals surface area contributed by atoms with Crippen molar-refractivity contribution in [3.63, 3.8) is 0 Å². The zero-order valence-corrected chi connectivity index (χ0v) is 16.7. The molecule has 0 aliphatic heterocycles. The average Bonchev–Trinajstić information content (AvgIpc) is 3.34. The third-order valence-corrected chi connectivity index (χ3v) is 4.21. The molecule has 7 heteroatoms. The summed E-state index contributed by atoms with van der Waals surface area (Å²) >= 11 is 0. The molecule has 0 radical (unpaired) electrons. The van der Waals surface area contributed by atoms with E-state index in [0.717, 1.165) is 11.1 Å². The van der Waals surface area contributed by atoms with Gasteiger partial charge in [-0.1, -0.05) is 60.7 Å². The molecule has 0 atom stereocenters. The van der Waals surface area contributed by atoms with Crippen molar-refractivity contribution in [1.82, 2.24) is 10.6 Å². The maximum Gasteiger partial charge on any atom is 0.307 e. The summed E-state index contributed by atoms with van der Waals surface area (Å²) in [6.07, 6.45) is 2.92. The molecule has 3 rings (SSSR count). The molecule has 1 aromatic heterocycles. The number of furan rings is 1. The highest BCUT2D eigenvalue weighted by molar-refractivity contribution is 6.04. The van der Waals surface area contributed by atoms with Gasteiger partial charge in [0.25, 0.3) is 11.8 Å². The Morgan fingerprint density at radius 2 is 1.61 bits per heavy atom. The molecular weight excluding hydrogens is 396 g/mol. The van der Waals surface area contributed by atoms with Crippen LogP contribution in [0.5, 0.6) is 0 Å². The highest BCUT2D eigenvalue weighted by atomic mass is 16.5. The first kappa shape index (κ1) is 21.6. The van der Waals surface area contributed by atoms with Crippen LogP contribution in [0.1, 0.15) is 28.1 Å². The van der Waals surface area contributed by atoms with Gasteiger partial charge in [-0.05, 0) is 29.3 Å². The van der Waals surface area contributed by atoms with E-state index in [1.165, 1.54) is 12.3 Å². The fourth-order valence-electron chi connectivity index (χ4n) is 2.65. The molecule has 0 aliphatic carbocycles. The zero-order chi connectivity index (χ0) is 21.9. The molecule has 0 saturated carbocycles. The first-order chi connectivity index (χ1) is 15.1. The molecule has 31 heavy (non-hydrogen) atoms. The molecule has 0 aliphatic rings. The molecule has 0 fully saturated rings. The molecule has 0 saturated heterocycles. The van der Waals surface area contributed by atoms with Crippen LogP contribution in [0.25, 0.3) is 6.08 Å². The zero-order valence-electron chi connectivity index (χ0n) is 16.7. The Bertz CT molecular complexity index is 1030. The summed E-state index contributed by atoms with van der Waals surface area (Å²) in [4.78, 5) is 36.9. The Kier molecular flexibility index (Phi) is 7.77. The van der Waals surface area contributed by atoms with E-state index in [1.807, 2.05) is 48.5 Å². The first-order valence-corrected chi connectivity index (χ1v) is 9.71. The topological polar surface area (TPSA) is 97.6 Å². The van der Waals surface area contributed by atoms with Gasteiger partial charge in [0.05, 0.1) is 12.7 Å². The normalized spacial score (nSPS) is 10.9. The predicted octanol–water partition coefficient (Wildman–Crippen LogP) is 3.30. The standard InChI is InChI=1S/C24H22N2O5/c27-22(31-17-19-10-5-2-6-11-19)13-14-25-23(28)20(16-18-8-3-1-4-9-18)26-24(29)21-12-7-15-30-21/h1-12,15-16H,13-14,17H2,(H,25,28)(H,26,29)/b20-16-. The van der Waals surface area contributed by atoms with Crippen molar-refractivity contribution in [2.24, 2.45) is 0 Å². The van der Waals surface area contributed by atoms with Crippen LogP contribution in [-0.2, 0) is 20.9 Å². The third kappa shape index (κ3) is 7.01. The van der Waals surface area contributed by atoms with Crippen LogP contribution in [0.3, 0.4) is 0 Å². The van der Waals surface area contributed by atoms with Gasteiger partial charge in [0.2, 0.25) is 0 Å². The van der Waals surface area contributed by atoms with Crippen molar-refractivity contribution in [2.45, 2.75) is 13.0 Å². The quantitative estimate of drug-likeness (QED) is 0.410. The number of ether oxygens (including phenoxy) is 1. The number of esters is 1. The van der Waals surface area contributed by atoms with E-state index in [-0.39, 0.29) is 31.0 Å². The Hall–Kier alpha value is -4.13. The minimum atomic E-state index is -0.551. The Balaban J connectivity index is 1.56. The van der Waals surface area contributed by atoms with Crippen LogP contribution in [0.15, 0.2) is 89.2 Å². The second kappa shape index (κ2) is 11.2. The maximum absolute atomic E-state index is 12.6. The fourth-order valence-corrected chi connectivity index (χ4v) is 2.65. The van der Waals surface area contributed by atoms with Crippen LogP contribution in [0.4, 0.5) is 0 Å². The molecule has 0 spiro atoms. The van der Waals surface area contributed by atoms with Gasteiger partial charge in [0, 0.05) is 6.54 Å². The van der Waals surface area contributed by atoms with Gasteiger partial charge in [0.15, 0.2) is 5.76 Å². The summed E-state index contributed by atoms with van der Waals surface area (Å²) in [5.74, 6) is -1.43. The Morgan fingerprint density at radius 1 is 0.903 bits per heavy atom. The lowest BCUT2D eigenvalue weighted by atomic mass is 10.2. The summed E-state index contributed by atoms with van der Waals surface area (Å²) in [6.45, 7) is 0.237. The summed E-state index contributed by atoms with van der Waals surface area (Å²) in [7, 11) is 0. The summed E-state index contributed by atoms with van der Waals surface area (Å²) in [6, 6.07) is 21.5. The number of rotatable bonds is 9. The predicted molar refractivity (Wildman–Crippen MR) is 114 cm³/mol. The average molecular weight is 418 g/mol. The first-order valence-electron chi connectivity index (χ1n) is 9.71. The van der Waals surface area contributed by atoms with Gasteiger partial charge in [-0.25, -0.2) is 0 Å². The van der Waals surface area contributed by atoms with Crippen LogP contribution >= 0.6 is 0 Å². The highest BCUT2D eigenvalue weighted by Crippen LogP contribution is 2.08. The van der Waals surface area contributed by atoms with Crippen LogP contribution in [0, 0.1) is 0 Å². The van der Waals surface area contributed by atoms with Crippen LogP contribution < -0.4 is 10.6 Å². The van der Waals surface area contributed by atoms with Gasteiger partial charge >= 0.3 is 5.97 Å². The van der Waals surface area contributed by atoms with Gasteiger partial charge in [0.1, 0.15) is 12.3 Å². The number of carbonyl (C=O) groups is 3. The molecule has 7 nitrogen and oxygen atoms in total. The number of hydrogen-bond acceptors (Lipinski definition) is 5. The number of hydrogen-bond donors (Lipinski definition) is 2. The second-order valence-corrected chi connectivity index (χ2v) is 6.55. The number of carbonyl (C=O) groups excluding carboxylic acids is 3. The molecule has 0 bridgehead atoms. The van der Waals surface area contributed by atoms with E-state index in [1.54, 1.807) is 24.3 Å². The molecule has 158 valence electrons. The van der Waals surface area contributed by atoms with Crippen molar-refractivity contribution >= 4 is 23.9 Å². The van der Waals surface area contributed by atoms with Crippen molar-refractivity contribution < 1.29 is 23.5 Å². The van der Waals surface area contributed by atoms with Gasteiger partial charge in [-0.2, -0.15) is 0 Å². The van der Waals surface area contributed by atoms with Crippen LogP contribution in [0.2, 0.25) is 0 Å². The van der Waals surface area contributed by atoms with Gasteiger partial charge in [-0.3, -0.25) is 14.4 Å². The summed E-state index contributed by atoms with van der Waals surface area (Å²) in [5.41, 5.74) is 1.65. The van der Waals surface area contributed by atoms with E-state index < -0.39 is 17.8 Å². The molecule has 3 aromatic rings. The van der Waals surface area contributed by atoms with Crippen molar-refractivity contribution in [1.29, 1.82) is 0 Å². The monoisotopic (exact) mass is 418 g/mol. The van der Waals surface area contributed by atoms with E-state index in [9.17, 15) is 14.4 Å². The number of nitrogens with one attached hydrogen (secondary N) is 2. The van der Waals surface area contributed by atoms with Crippen molar-refractivity contribution in [2.75, 3.05) is 6.54 Å². The summed E-state index contributed by atoms with van der Waals surface area (Å²) in [5, 5.41) is 5.18. The fraction of sp³-hybridized carbons (Fsp3) is 0.125. The molecule has 2 aromatic carbocycles. The second-order valence-electron chi connectivity index (χ2n) is 6.55. The number of amides is 2. The SMILES string of the molecule is O=C(CCNC(=O)/C(=C/c1ccccc1)NC(=O)c1ccco1)OCc1ccccc1. The minimum Gasteiger partial charge on any atom is -0.461 e. The Labute approximate surface area is 179 Å². The number of benzene rings is 2. The smallest absolute Gasteiger partial charge is 0.307 e. The lowest BCUT2D eigenvalue weighted by molar-refractivity contribution is -0.144. The molecule has 1 heterocycles. The van der Waals surface area contributed by atoms with E-state index >= 15 is 0 Å². The van der Waals surface area contributed by atoms with Crippen LogP contribution in [-0.4, -0.2) is 24.3 Å². The van der Waals surface area contributed by atoms with E-state index in [2.05, 4.69) is 10.6 Å². The van der Waals surface area contributed by atoms with Gasteiger partial charge in [-0.15, -0.1) is 0 Å². The highest BCUT2D eigenvalue weighted by Gasteiger charge is 2.16. The molecule has 0 unspecified atom stereocenters. The van der Waals surface area contributed by atoms with Gasteiger partial charge < -0.3 is 19.8 Å². The van der Waals surface area contributed by atoms with E-state index in [4.69, 9.17) is 9.15 Å². The Morgan fingerprint density at radius 3 is 2.29 bits per heavy atom. The largest absolute Gasteiger partial charge is 0.461 e. The molecule has 2 N–H and O–H groups in total. The third-order valence-electron chi connectivity index (χ3n) is 4.21. The van der Waals surface area contributed by atoms with E-state index in [0.29, 0.717) is 0 Å².